The van der Waals surface area contributed by atoms with Gasteiger partial charge >= 0.3 is 0 Å². The van der Waals surface area contributed by atoms with Crippen molar-refractivity contribution in [2.45, 2.75) is 62.3 Å². The Morgan fingerprint density at radius 2 is 1.41 bits per heavy atom. The minimum Gasteiger partial charge on any atom is -0.355 e. The highest BCUT2D eigenvalue weighted by molar-refractivity contribution is 5.85. The van der Waals surface area contributed by atoms with Crippen molar-refractivity contribution < 1.29 is 0 Å². The van der Waals surface area contributed by atoms with Gasteiger partial charge in [0, 0.05) is 22.5 Å². The molecule has 2 heterocycles. The van der Waals surface area contributed by atoms with Crippen LogP contribution in [0.4, 0.5) is 11.4 Å². The maximum absolute atomic E-state index is 4.18. The van der Waals surface area contributed by atoms with Crippen molar-refractivity contribution >= 4 is 23.1 Å². The van der Waals surface area contributed by atoms with Crippen LogP contribution in [0, 0.1) is 6.92 Å². The van der Waals surface area contributed by atoms with Gasteiger partial charge in [-0.05, 0) is 36.8 Å². The smallest absolute Gasteiger partial charge is 0.0705 e. The molecular weight excluding hydrogens is 390 g/mol. The molecule has 2 aromatic carbocycles. The fourth-order valence-electron chi connectivity index (χ4n) is 3.12. The number of hydrazine groups is 1. The Kier molecular flexibility index (Phi) is 14.0. The number of rotatable bonds is 2. The molecule has 32 heavy (non-hydrogen) atoms. The summed E-state index contributed by atoms with van der Waals surface area (Å²) >= 11 is 0. The Morgan fingerprint density at radius 1 is 0.781 bits per heavy atom. The average Bonchev–Trinajstić information content (AvgIpc) is 2.86. The van der Waals surface area contributed by atoms with Gasteiger partial charge in [0.2, 0.25) is 0 Å². The summed E-state index contributed by atoms with van der Waals surface area (Å²) in [6, 6.07) is 14.5. The predicted octanol–water partition coefficient (Wildman–Crippen LogP) is 8.93. The summed E-state index contributed by atoms with van der Waals surface area (Å²) in [5.41, 5.74) is 12.0. The molecule has 174 valence electrons. The lowest BCUT2D eigenvalue weighted by atomic mass is 10.0. The van der Waals surface area contributed by atoms with Gasteiger partial charge in [-0.2, -0.15) is 0 Å². The van der Waals surface area contributed by atoms with E-state index in [0.717, 1.165) is 34.0 Å². The first-order valence-electron chi connectivity index (χ1n) is 11.9. The van der Waals surface area contributed by atoms with E-state index in [9.17, 15) is 0 Å². The standard InChI is InChI=1S/C21H19N3.4C2H6/c1-14-7-6-10-21-17(14)12-11-16(3)24(21)23-20-13-15(2)22-19-9-5-4-8-18(19)20;4*1-2/h4-13,22-23H,2-3H2,1H3;4*1-2H3. The van der Waals surface area contributed by atoms with Crippen LogP contribution in [0.25, 0.3) is 11.8 Å². The largest absolute Gasteiger partial charge is 0.355 e. The molecule has 3 nitrogen and oxygen atoms in total. The van der Waals surface area contributed by atoms with E-state index >= 15 is 0 Å². The maximum Gasteiger partial charge on any atom is 0.0705 e. The number of para-hydroxylation sites is 1. The van der Waals surface area contributed by atoms with E-state index in [0.29, 0.717) is 0 Å². The Labute approximate surface area is 197 Å². The summed E-state index contributed by atoms with van der Waals surface area (Å²) in [5, 5.41) is 5.33. The van der Waals surface area contributed by atoms with Crippen molar-refractivity contribution in [3.63, 3.8) is 0 Å². The van der Waals surface area contributed by atoms with Gasteiger partial charge in [-0.25, -0.2) is 0 Å². The molecule has 0 saturated carbocycles. The first kappa shape index (κ1) is 28.8. The summed E-state index contributed by atoms with van der Waals surface area (Å²) in [6.45, 7) is 26.3. The lowest BCUT2D eigenvalue weighted by molar-refractivity contribution is 0.863. The minimum absolute atomic E-state index is 0.860. The van der Waals surface area contributed by atoms with Crippen LogP contribution in [0.3, 0.4) is 0 Å². The Morgan fingerprint density at radius 3 is 2.06 bits per heavy atom. The molecule has 0 saturated heterocycles. The van der Waals surface area contributed by atoms with Crippen LogP contribution < -0.4 is 15.8 Å². The molecule has 0 fully saturated rings. The van der Waals surface area contributed by atoms with Crippen LogP contribution >= 0.6 is 0 Å². The summed E-state index contributed by atoms with van der Waals surface area (Å²) in [5.74, 6) is 0. The number of nitrogens with zero attached hydrogens (tertiary/aromatic N) is 1. The van der Waals surface area contributed by atoms with E-state index in [-0.39, 0.29) is 0 Å². The fraction of sp³-hybridized carbons (Fsp3) is 0.310. The van der Waals surface area contributed by atoms with Crippen molar-refractivity contribution in [1.29, 1.82) is 0 Å². The summed E-state index contributed by atoms with van der Waals surface area (Å²) in [7, 11) is 0. The molecule has 0 radical (unpaired) electrons. The predicted molar refractivity (Wildman–Crippen MR) is 148 cm³/mol. The molecule has 0 unspecified atom stereocenters. The fourth-order valence-corrected chi connectivity index (χ4v) is 3.12. The second-order valence-electron chi connectivity index (χ2n) is 6.03. The van der Waals surface area contributed by atoms with Crippen molar-refractivity contribution in [3.05, 3.63) is 95.9 Å². The zero-order chi connectivity index (χ0) is 24.7. The van der Waals surface area contributed by atoms with Gasteiger partial charge < -0.3 is 5.32 Å². The highest BCUT2D eigenvalue weighted by Gasteiger charge is 2.21. The van der Waals surface area contributed by atoms with Crippen LogP contribution in [0.1, 0.15) is 72.1 Å². The van der Waals surface area contributed by atoms with Crippen molar-refractivity contribution in [2.75, 3.05) is 10.3 Å². The second kappa shape index (κ2) is 15.6. The van der Waals surface area contributed by atoms with Crippen LogP contribution in [0.5, 0.6) is 0 Å². The third-order valence-electron chi connectivity index (χ3n) is 4.33. The molecule has 3 heteroatoms. The third-order valence-corrected chi connectivity index (χ3v) is 4.33. The molecule has 0 atom stereocenters. The van der Waals surface area contributed by atoms with Gasteiger partial charge in [0.15, 0.2) is 0 Å². The molecular formula is C29H43N3. The van der Waals surface area contributed by atoms with Crippen LogP contribution in [0.2, 0.25) is 0 Å². The number of benzene rings is 2. The molecule has 0 aliphatic carbocycles. The highest BCUT2D eigenvalue weighted by atomic mass is 15.5. The zero-order valence-electron chi connectivity index (χ0n) is 21.6. The Hall–Kier alpha value is -3.20. The van der Waals surface area contributed by atoms with E-state index in [4.69, 9.17) is 0 Å². The van der Waals surface area contributed by atoms with Gasteiger partial charge in [-0.15, -0.1) is 0 Å². The molecule has 2 N–H and O–H groups in total. The molecule has 2 aliphatic heterocycles. The lowest BCUT2D eigenvalue weighted by Gasteiger charge is -2.34. The van der Waals surface area contributed by atoms with Gasteiger partial charge in [0.25, 0.3) is 0 Å². The van der Waals surface area contributed by atoms with Gasteiger partial charge in [0.05, 0.1) is 17.1 Å². The topological polar surface area (TPSA) is 27.3 Å². The van der Waals surface area contributed by atoms with Crippen LogP contribution in [0.15, 0.2) is 79.2 Å². The van der Waals surface area contributed by atoms with Crippen molar-refractivity contribution in [2.24, 2.45) is 0 Å². The molecule has 4 rings (SSSR count). The molecule has 0 amide bonds. The van der Waals surface area contributed by atoms with E-state index in [2.05, 4.69) is 67.2 Å². The van der Waals surface area contributed by atoms with E-state index in [1.165, 1.54) is 11.1 Å². The van der Waals surface area contributed by atoms with Crippen LogP contribution in [-0.4, -0.2) is 0 Å². The maximum atomic E-state index is 4.18. The third kappa shape index (κ3) is 6.91. The van der Waals surface area contributed by atoms with Crippen LogP contribution in [-0.2, 0) is 0 Å². The SMILES string of the molecule is C=C1C=C(NN2C(=C)C=Cc3c(C)cccc32)c2ccccc2N1.CC.CC.CC.CC. The minimum atomic E-state index is 0.860. The van der Waals surface area contributed by atoms with Crippen molar-refractivity contribution in [3.8, 4) is 0 Å². The molecule has 0 aromatic heterocycles. The number of hydrogen-bond acceptors (Lipinski definition) is 3. The molecule has 0 spiro atoms. The number of aryl methyl sites for hydroxylation is 1. The van der Waals surface area contributed by atoms with Gasteiger partial charge in [-0.3, -0.25) is 10.4 Å². The molecule has 2 aliphatic rings. The van der Waals surface area contributed by atoms with E-state index < -0.39 is 0 Å². The first-order valence-corrected chi connectivity index (χ1v) is 11.9. The average molecular weight is 434 g/mol. The summed E-state index contributed by atoms with van der Waals surface area (Å²) in [6.07, 6.45) is 6.17. The second-order valence-corrected chi connectivity index (χ2v) is 6.03. The molecule has 2 aromatic rings. The van der Waals surface area contributed by atoms with E-state index in [1.54, 1.807) is 0 Å². The monoisotopic (exact) mass is 433 g/mol. The molecule has 0 bridgehead atoms. The summed E-state index contributed by atoms with van der Waals surface area (Å²) in [4.78, 5) is 0. The summed E-state index contributed by atoms with van der Waals surface area (Å²) < 4.78 is 0. The zero-order valence-corrected chi connectivity index (χ0v) is 21.6. The normalized spacial score (nSPS) is 12.3. The lowest BCUT2D eigenvalue weighted by Crippen LogP contribution is -2.37. The Balaban J connectivity index is 0.00000109. The van der Waals surface area contributed by atoms with Crippen molar-refractivity contribution in [1.82, 2.24) is 5.43 Å². The number of allylic oxidation sites excluding steroid dienone is 2. The first-order chi connectivity index (χ1) is 15.6. The number of anilines is 2. The Bertz CT molecular complexity index is 920. The number of hydrogen-bond donors (Lipinski definition) is 2. The number of fused-ring (bicyclic) bond motifs is 2. The quantitative estimate of drug-likeness (QED) is 0.495. The van der Waals surface area contributed by atoms with Gasteiger partial charge in [0.1, 0.15) is 0 Å². The van der Waals surface area contributed by atoms with Gasteiger partial charge in [-0.1, -0.05) is 105 Å². The number of nitrogens with one attached hydrogen (secondary N) is 2. The highest BCUT2D eigenvalue weighted by Crippen LogP contribution is 2.34. The van der Waals surface area contributed by atoms with E-state index in [1.807, 2.05) is 84.7 Å².